The zero-order valence-electron chi connectivity index (χ0n) is 20.2. The van der Waals surface area contributed by atoms with Gasteiger partial charge in [-0.2, -0.15) is 13.2 Å². The highest BCUT2D eigenvalue weighted by Gasteiger charge is 2.30. The molecule has 0 saturated heterocycles. The molecule has 3 aromatic rings. The SMILES string of the molecule is Cc1cc(C)c([C@@H](C)NC(=O)COc2ccc(S(=O)(=O)Nc3cccc(C(F)(F)F)c3)cc2)cc1C. The van der Waals surface area contributed by atoms with Crippen LogP contribution >= 0.6 is 0 Å². The van der Waals surface area contributed by atoms with Crippen molar-refractivity contribution in [3.8, 4) is 5.75 Å². The third-order valence-corrected chi connectivity index (χ3v) is 7.07. The molecule has 0 saturated carbocycles. The number of carbonyl (C=O) groups is 1. The van der Waals surface area contributed by atoms with Gasteiger partial charge in [0.05, 0.1) is 16.5 Å². The number of ether oxygens (including phenoxy) is 1. The molecule has 36 heavy (non-hydrogen) atoms. The van der Waals surface area contributed by atoms with Crippen molar-refractivity contribution >= 4 is 21.6 Å². The number of rotatable bonds is 8. The molecule has 0 aliphatic heterocycles. The van der Waals surface area contributed by atoms with Gasteiger partial charge in [0.25, 0.3) is 15.9 Å². The standard InChI is InChI=1S/C26H27F3N2O4S/c1-16-12-18(3)24(13-17(16)2)19(4)30-25(32)15-35-22-8-10-23(11-9-22)36(33,34)31-21-7-5-6-20(14-21)26(27,28)29/h5-14,19,31H,15H2,1-4H3,(H,30,32)/t19-/m1/s1. The lowest BCUT2D eigenvalue weighted by molar-refractivity contribution is -0.137. The van der Waals surface area contributed by atoms with E-state index in [9.17, 15) is 26.4 Å². The lowest BCUT2D eigenvalue weighted by Gasteiger charge is -2.18. The predicted octanol–water partition coefficient (Wildman–Crippen LogP) is 5.69. The second kappa shape index (κ2) is 10.6. The Morgan fingerprint density at radius 1 is 0.944 bits per heavy atom. The van der Waals surface area contributed by atoms with E-state index in [4.69, 9.17) is 4.74 Å². The largest absolute Gasteiger partial charge is 0.484 e. The fourth-order valence-electron chi connectivity index (χ4n) is 3.65. The number of halogens is 3. The zero-order valence-corrected chi connectivity index (χ0v) is 21.0. The molecule has 192 valence electrons. The maximum absolute atomic E-state index is 12.9. The molecule has 0 aromatic heterocycles. The summed E-state index contributed by atoms with van der Waals surface area (Å²) in [5.41, 5.74) is 3.21. The fraction of sp³-hybridized carbons (Fsp3) is 0.269. The van der Waals surface area contributed by atoms with Gasteiger partial charge in [0.15, 0.2) is 6.61 Å². The van der Waals surface area contributed by atoms with E-state index in [0.29, 0.717) is 6.07 Å². The molecule has 0 fully saturated rings. The second-order valence-corrected chi connectivity index (χ2v) is 10.2. The predicted molar refractivity (Wildman–Crippen MR) is 131 cm³/mol. The maximum atomic E-state index is 12.9. The van der Waals surface area contributed by atoms with Gasteiger partial charge in [-0.3, -0.25) is 9.52 Å². The molecule has 3 rings (SSSR count). The zero-order chi connectivity index (χ0) is 26.7. The maximum Gasteiger partial charge on any atom is 0.416 e. The van der Waals surface area contributed by atoms with Crippen LogP contribution in [0.4, 0.5) is 18.9 Å². The molecule has 0 heterocycles. The van der Waals surface area contributed by atoms with Crippen molar-refractivity contribution in [3.63, 3.8) is 0 Å². The number of anilines is 1. The molecule has 0 bridgehead atoms. The number of aryl methyl sites for hydroxylation is 3. The van der Waals surface area contributed by atoms with E-state index in [1.165, 1.54) is 35.9 Å². The Bertz CT molecular complexity index is 1350. The van der Waals surface area contributed by atoms with Gasteiger partial charge in [-0.25, -0.2) is 8.42 Å². The highest BCUT2D eigenvalue weighted by Crippen LogP contribution is 2.31. The Labute approximate surface area is 208 Å². The average Bonchev–Trinajstić information content (AvgIpc) is 2.79. The van der Waals surface area contributed by atoms with Crippen LogP contribution in [0.1, 0.15) is 40.8 Å². The number of benzene rings is 3. The van der Waals surface area contributed by atoms with Crippen LogP contribution in [0, 0.1) is 20.8 Å². The molecule has 10 heteroatoms. The van der Waals surface area contributed by atoms with Crippen LogP contribution < -0.4 is 14.8 Å². The topological polar surface area (TPSA) is 84.5 Å². The van der Waals surface area contributed by atoms with E-state index < -0.39 is 21.8 Å². The lowest BCUT2D eigenvalue weighted by atomic mass is 9.96. The molecular formula is C26H27F3N2O4S. The monoisotopic (exact) mass is 520 g/mol. The summed E-state index contributed by atoms with van der Waals surface area (Å²) >= 11 is 0. The Morgan fingerprint density at radius 2 is 1.58 bits per heavy atom. The van der Waals surface area contributed by atoms with Crippen molar-refractivity contribution in [2.75, 3.05) is 11.3 Å². The van der Waals surface area contributed by atoms with Crippen LogP contribution in [0.15, 0.2) is 65.6 Å². The summed E-state index contributed by atoms with van der Waals surface area (Å²) in [6.45, 7) is 7.63. The summed E-state index contributed by atoms with van der Waals surface area (Å²) in [5, 5.41) is 2.88. The van der Waals surface area contributed by atoms with Gasteiger partial charge in [-0.15, -0.1) is 0 Å². The molecule has 0 radical (unpaired) electrons. The first kappa shape index (κ1) is 27.1. The van der Waals surface area contributed by atoms with Crippen LogP contribution in [-0.2, 0) is 21.0 Å². The van der Waals surface area contributed by atoms with Gasteiger partial charge in [-0.1, -0.05) is 18.2 Å². The third kappa shape index (κ3) is 6.78. The van der Waals surface area contributed by atoms with Crippen molar-refractivity contribution in [3.05, 3.63) is 88.5 Å². The third-order valence-electron chi connectivity index (χ3n) is 5.67. The lowest BCUT2D eigenvalue weighted by Crippen LogP contribution is -2.31. The summed E-state index contributed by atoms with van der Waals surface area (Å²) in [7, 11) is -4.13. The van der Waals surface area contributed by atoms with Crippen LogP contribution in [0.3, 0.4) is 0 Å². The number of sulfonamides is 1. The minimum absolute atomic E-state index is 0.171. The van der Waals surface area contributed by atoms with E-state index in [0.717, 1.165) is 28.8 Å². The van der Waals surface area contributed by atoms with E-state index >= 15 is 0 Å². The molecule has 1 atom stereocenters. The van der Waals surface area contributed by atoms with Crippen molar-refractivity contribution in [1.82, 2.24) is 5.32 Å². The molecule has 1 amide bonds. The smallest absolute Gasteiger partial charge is 0.416 e. The molecule has 0 aliphatic carbocycles. The molecule has 2 N–H and O–H groups in total. The number of hydrogen-bond donors (Lipinski definition) is 2. The number of hydrogen-bond acceptors (Lipinski definition) is 4. The van der Waals surface area contributed by atoms with Gasteiger partial charge >= 0.3 is 6.18 Å². The average molecular weight is 521 g/mol. The minimum atomic E-state index is -4.59. The van der Waals surface area contributed by atoms with Crippen LogP contribution in [-0.4, -0.2) is 20.9 Å². The number of carbonyl (C=O) groups excluding carboxylic acids is 1. The van der Waals surface area contributed by atoms with Crippen molar-refractivity contribution in [2.24, 2.45) is 0 Å². The van der Waals surface area contributed by atoms with Gasteiger partial charge < -0.3 is 10.1 Å². The van der Waals surface area contributed by atoms with Gasteiger partial charge in [-0.05, 0) is 92.4 Å². The molecule has 0 aliphatic rings. The van der Waals surface area contributed by atoms with Crippen LogP contribution in [0.25, 0.3) is 0 Å². The normalized spacial score (nSPS) is 12.6. The molecule has 3 aromatic carbocycles. The van der Waals surface area contributed by atoms with Crippen molar-refractivity contribution in [2.45, 2.75) is 44.8 Å². The van der Waals surface area contributed by atoms with E-state index in [2.05, 4.69) is 16.1 Å². The van der Waals surface area contributed by atoms with E-state index in [-0.39, 0.29) is 34.9 Å². The minimum Gasteiger partial charge on any atom is -0.484 e. The van der Waals surface area contributed by atoms with E-state index in [1.54, 1.807) is 0 Å². The van der Waals surface area contributed by atoms with E-state index in [1.807, 2.05) is 33.8 Å². The number of amides is 1. The number of alkyl halides is 3. The first-order chi connectivity index (χ1) is 16.8. The second-order valence-electron chi connectivity index (χ2n) is 8.53. The van der Waals surface area contributed by atoms with Gasteiger partial charge in [0.2, 0.25) is 0 Å². The summed E-state index contributed by atoms with van der Waals surface area (Å²) in [5.74, 6) is -0.0822. The molecular weight excluding hydrogens is 493 g/mol. The van der Waals surface area contributed by atoms with Gasteiger partial charge in [0, 0.05) is 5.69 Å². The highest BCUT2D eigenvalue weighted by atomic mass is 32.2. The highest BCUT2D eigenvalue weighted by molar-refractivity contribution is 7.92. The molecule has 6 nitrogen and oxygen atoms in total. The Morgan fingerprint density at radius 3 is 2.22 bits per heavy atom. The van der Waals surface area contributed by atoms with Crippen molar-refractivity contribution in [1.29, 1.82) is 0 Å². The molecule has 0 spiro atoms. The molecule has 0 unspecified atom stereocenters. The van der Waals surface area contributed by atoms with Crippen LogP contribution in [0.5, 0.6) is 5.75 Å². The first-order valence-corrected chi connectivity index (χ1v) is 12.5. The Balaban J connectivity index is 1.60. The first-order valence-electron chi connectivity index (χ1n) is 11.1. The fourth-order valence-corrected chi connectivity index (χ4v) is 4.70. The van der Waals surface area contributed by atoms with Crippen LogP contribution in [0.2, 0.25) is 0 Å². The summed E-state index contributed by atoms with van der Waals surface area (Å²) < 4.78 is 71.4. The Hall–Kier alpha value is -3.53. The summed E-state index contributed by atoms with van der Waals surface area (Å²) in [6, 6.07) is 13.0. The van der Waals surface area contributed by atoms with Crippen molar-refractivity contribution < 1.29 is 31.1 Å². The van der Waals surface area contributed by atoms with Gasteiger partial charge in [0.1, 0.15) is 5.75 Å². The quantitative estimate of drug-likeness (QED) is 0.400. The number of nitrogens with one attached hydrogen (secondary N) is 2. The summed E-state index contributed by atoms with van der Waals surface area (Å²) in [6.07, 6.45) is -4.59. The Kier molecular flexibility index (Phi) is 7.98. The summed E-state index contributed by atoms with van der Waals surface area (Å²) in [4.78, 5) is 12.2.